The molecule has 0 amide bonds. The van der Waals surface area contributed by atoms with Crippen LogP contribution < -0.4 is 18.9 Å². The van der Waals surface area contributed by atoms with Crippen molar-refractivity contribution in [3.63, 3.8) is 0 Å². The molecule has 0 bridgehead atoms. The Morgan fingerprint density at radius 1 is 0.895 bits per heavy atom. The van der Waals surface area contributed by atoms with Crippen molar-refractivity contribution >= 4 is 26.0 Å². The molecule has 0 aliphatic rings. The Morgan fingerprint density at radius 2 is 1.34 bits per heavy atom. The van der Waals surface area contributed by atoms with E-state index in [4.69, 9.17) is 18.9 Å². The Morgan fingerprint density at radius 3 is 1.74 bits per heavy atom. The Labute approximate surface area is 231 Å². The highest BCUT2D eigenvalue weighted by Gasteiger charge is 2.46. The van der Waals surface area contributed by atoms with Crippen LogP contribution >= 0.6 is 15.9 Å². The highest BCUT2D eigenvalue weighted by atomic mass is 79.9. The molecule has 0 saturated heterocycles. The zero-order valence-corrected chi connectivity index (χ0v) is 24.5. The maximum Gasteiger partial charge on any atom is 0.220 e. The summed E-state index contributed by atoms with van der Waals surface area (Å²) in [6.07, 6.45) is 2.75. The quantitative estimate of drug-likeness (QED) is 0.286. The van der Waals surface area contributed by atoms with Crippen LogP contribution in [0.1, 0.15) is 30.8 Å². The Kier molecular flexibility index (Phi) is 9.55. The predicted octanol–water partition coefficient (Wildman–Crippen LogP) is 4.88. The van der Waals surface area contributed by atoms with Gasteiger partial charge in [0.15, 0.2) is 11.5 Å². The maximum atomic E-state index is 16.1. The van der Waals surface area contributed by atoms with Gasteiger partial charge in [-0.05, 0) is 41.9 Å². The molecule has 2 atom stereocenters. The van der Waals surface area contributed by atoms with E-state index < -0.39 is 20.9 Å². The molecule has 3 rings (SSSR count). The topological polar surface area (TPSA) is 100 Å². The molecule has 1 unspecified atom stereocenters. The van der Waals surface area contributed by atoms with E-state index in [1.807, 2.05) is 0 Å². The Hall–Kier alpha value is -2.96. The van der Waals surface area contributed by atoms with Crippen molar-refractivity contribution in [2.75, 3.05) is 28.4 Å². The third-order valence-electron chi connectivity index (χ3n) is 6.31. The van der Waals surface area contributed by atoms with Crippen molar-refractivity contribution < 1.29 is 31.8 Å². The third kappa shape index (κ3) is 6.36. The lowest BCUT2D eigenvalue weighted by Gasteiger charge is -2.32. The van der Waals surface area contributed by atoms with Crippen LogP contribution in [-0.2, 0) is 28.8 Å². The highest BCUT2D eigenvalue weighted by Crippen LogP contribution is 2.36. The van der Waals surface area contributed by atoms with Crippen molar-refractivity contribution in [2.24, 2.45) is 0 Å². The largest absolute Gasteiger partial charge is 0.497 e. The van der Waals surface area contributed by atoms with Crippen molar-refractivity contribution in [3.05, 3.63) is 70.2 Å². The molecule has 38 heavy (non-hydrogen) atoms. The summed E-state index contributed by atoms with van der Waals surface area (Å²) in [5, 5.41) is -1.54. The average Bonchev–Trinajstić information content (AvgIpc) is 2.92. The Balaban J connectivity index is 2.08. The van der Waals surface area contributed by atoms with Crippen LogP contribution in [0.15, 0.2) is 53.3 Å². The molecule has 206 valence electrons. The average molecular weight is 613 g/mol. The van der Waals surface area contributed by atoms with E-state index in [0.29, 0.717) is 38.6 Å². The lowest BCUT2D eigenvalue weighted by molar-refractivity contribution is 0.169. The van der Waals surface area contributed by atoms with Crippen molar-refractivity contribution in [3.8, 4) is 23.0 Å². The van der Waals surface area contributed by atoms with Gasteiger partial charge in [-0.1, -0.05) is 12.1 Å². The van der Waals surface area contributed by atoms with E-state index >= 15 is 4.39 Å². The summed E-state index contributed by atoms with van der Waals surface area (Å²) in [4.78, 5) is 8.04. The number of ether oxygens (including phenoxy) is 4. The first-order chi connectivity index (χ1) is 18.0. The molecular formula is C26H31BrFN3O6S. The van der Waals surface area contributed by atoms with Crippen LogP contribution in [0.3, 0.4) is 0 Å². The molecule has 9 nitrogen and oxygen atoms in total. The summed E-state index contributed by atoms with van der Waals surface area (Å²) >= 11 is 3.22. The van der Waals surface area contributed by atoms with Gasteiger partial charge in [0.25, 0.3) is 0 Å². The van der Waals surface area contributed by atoms with E-state index in [1.165, 1.54) is 59.0 Å². The number of hydrogen-bond donors (Lipinski definition) is 0. The maximum absolute atomic E-state index is 16.1. The summed E-state index contributed by atoms with van der Waals surface area (Å²) in [5.41, 5.74) is -1.26. The smallest absolute Gasteiger partial charge is 0.220 e. The van der Waals surface area contributed by atoms with Gasteiger partial charge in [-0.3, -0.25) is 0 Å². The molecular weight excluding hydrogens is 581 g/mol. The zero-order valence-electron chi connectivity index (χ0n) is 22.1. The lowest BCUT2D eigenvalue weighted by Crippen LogP contribution is -2.45. The standard InChI is InChI=1S/C26H31BrFN3O6S/c1-17(26(2,28)25-29-13-20(27)14-30-25)38(32,33)31(15-18-7-9-21(34-3)11-23(18)36-5)16-19-8-10-22(35-4)12-24(19)37-6/h7-14,17H,15-16H2,1-6H3/t17-,26?/m0/s1. The van der Waals surface area contributed by atoms with Gasteiger partial charge in [0.05, 0.1) is 32.9 Å². The van der Waals surface area contributed by atoms with Crippen LogP contribution in [0.25, 0.3) is 0 Å². The number of methoxy groups -OCH3 is 4. The second kappa shape index (κ2) is 12.3. The van der Waals surface area contributed by atoms with Gasteiger partial charge in [-0.15, -0.1) is 0 Å². The van der Waals surface area contributed by atoms with E-state index in [0.717, 1.165) is 0 Å². The minimum atomic E-state index is -4.30. The fraction of sp³-hybridized carbons (Fsp3) is 0.385. The van der Waals surface area contributed by atoms with Gasteiger partial charge in [-0.25, -0.2) is 22.8 Å². The van der Waals surface area contributed by atoms with Crippen LogP contribution in [-0.4, -0.2) is 56.4 Å². The molecule has 12 heteroatoms. The molecule has 0 fully saturated rings. The molecule has 0 spiro atoms. The Bertz CT molecular complexity index is 1300. The van der Waals surface area contributed by atoms with Gasteiger partial charge in [0.1, 0.15) is 28.2 Å². The first kappa shape index (κ1) is 29.6. The van der Waals surface area contributed by atoms with Crippen molar-refractivity contribution in [2.45, 2.75) is 37.9 Å². The van der Waals surface area contributed by atoms with Gasteiger partial charge in [0.2, 0.25) is 10.0 Å². The molecule has 0 radical (unpaired) electrons. The summed E-state index contributed by atoms with van der Waals surface area (Å²) in [5.74, 6) is 1.72. The number of hydrogen-bond acceptors (Lipinski definition) is 8. The number of sulfonamides is 1. The lowest BCUT2D eigenvalue weighted by atomic mass is 10.0. The molecule has 0 N–H and O–H groups in total. The van der Waals surface area contributed by atoms with Gasteiger partial charge >= 0.3 is 0 Å². The monoisotopic (exact) mass is 611 g/mol. The van der Waals surface area contributed by atoms with Crippen molar-refractivity contribution in [1.29, 1.82) is 0 Å². The summed E-state index contributed by atoms with van der Waals surface area (Å²) in [6.45, 7) is 2.27. The number of halogens is 2. The number of benzene rings is 2. The number of aromatic nitrogens is 2. The van der Waals surface area contributed by atoms with Gasteiger partial charge in [-0.2, -0.15) is 4.31 Å². The molecule has 1 heterocycles. The zero-order chi connectivity index (χ0) is 28.1. The molecule has 0 aliphatic carbocycles. The SMILES string of the molecule is COc1ccc(CN(Cc2ccc(OC)cc2OC)S(=O)(=O)[C@@H](C)C(C)(F)c2ncc(Br)cn2)c(OC)c1. The normalized spacial score (nSPS) is 14.0. The summed E-state index contributed by atoms with van der Waals surface area (Å²) in [7, 11) is 1.71. The number of rotatable bonds is 12. The van der Waals surface area contributed by atoms with Crippen LogP contribution in [0.5, 0.6) is 23.0 Å². The summed E-state index contributed by atoms with van der Waals surface area (Å²) < 4.78 is 67.5. The van der Waals surface area contributed by atoms with E-state index in [2.05, 4.69) is 25.9 Å². The molecule has 3 aromatic rings. The first-order valence-electron chi connectivity index (χ1n) is 11.6. The molecule has 1 aromatic heterocycles. The highest BCUT2D eigenvalue weighted by molar-refractivity contribution is 9.10. The minimum absolute atomic E-state index is 0.105. The van der Waals surface area contributed by atoms with Crippen LogP contribution in [0.4, 0.5) is 4.39 Å². The molecule has 0 aliphatic heterocycles. The minimum Gasteiger partial charge on any atom is -0.497 e. The van der Waals surface area contributed by atoms with Crippen LogP contribution in [0.2, 0.25) is 0 Å². The fourth-order valence-corrected chi connectivity index (χ4v) is 5.79. The number of nitrogens with zero attached hydrogens (tertiary/aromatic N) is 3. The van der Waals surface area contributed by atoms with Crippen LogP contribution in [0, 0.1) is 0 Å². The van der Waals surface area contributed by atoms with E-state index in [1.54, 1.807) is 36.4 Å². The number of alkyl halides is 1. The van der Waals surface area contributed by atoms with E-state index in [-0.39, 0.29) is 18.9 Å². The summed E-state index contributed by atoms with van der Waals surface area (Å²) in [6, 6.07) is 10.1. The van der Waals surface area contributed by atoms with Gasteiger partial charge < -0.3 is 18.9 Å². The third-order valence-corrected chi connectivity index (χ3v) is 9.03. The second-order valence-electron chi connectivity index (χ2n) is 8.61. The molecule has 2 aromatic carbocycles. The fourth-order valence-electron chi connectivity index (χ4n) is 3.83. The van der Waals surface area contributed by atoms with Gasteiger partial charge in [0, 0.05) is 48.7 Å². The molecule has 0 saturated carbocycles. The second-order valence-corrected chi connectivity index (χ2v) is 11.8. The first-order valence-corrected chi connectivity index (χ1v) is 13.8. The van der Waals surface area contributed by atoms with Crippen molar-refractivity contribution in [1.82, 2.24) is 14.3 Å². The predicted molar refractivity (Wildman–Crippen MR) is 145 cm³/mol. The van der Waals surface area contributed by atoms with E-state index in [9.17, 15) is 8.42 Å².